The van der Waals surface area contributed by atoms with E-state index in [4.69, 9.17) is 22.1 Å². The van der Waals surface area contributed by atoms with Crippen molar-refractivity contribution in [3.05, 3.63) is 34.9 Å². The van der Waals surface area contributed by atoms with Crippen LogP contribution in [0.3, 0.4) is 0 Å². The molecule has 0 radical (unpaired) electrons. The quantitative estimate of drug-likeness (QED) is 0.921. The largest absolute Gasteiger partial charge is 0.381 e. The molecule has 21 heavy (non-hydrogen) atoms. The lowest BCUT2D eigenvalue weighted by Crippen LogP contribution is -2.47. The number of likely N-dealkylation sites (N-methyl/N-ethyl adjacent to an activating group) is 1. The van der Waals surface area contributed by atoms with E-state index in [-0.39, 0.29) is 24.2 Å². The summed E-state index contributed by atoms with van der Waals surface area (Å²) in [6.45, 7) is 1.95. The highest BCUT2D eigenvalue weighted by Gasteiger charge is 2.28. The number of benzene rings is 1. The van der Waals surface area contributed by atoms with Crippen LogP contribution in [0.4, 0.5) is 0 Å². The summed E-state index contributed by atoms with van der Waals surface area (Å²) in [5.41, 5.74) is 7.15. The molecule has 2 rings (SSSR count). The number of halogens is 2. The normalized spacial score (nSPS) is 16.9. The first-order chi connectivity index (χ1) is 9.58. The van der Waals surface area contributed by atoms with E-state index in [1.54, 1.807) is 11.9 Å². The number of nitrogens with zero attached hydrogens (tertiary/aromatic N) is 1. The van der Waals surface area contributed by atoms with E-state index in [0.717, 1.165) is 18.4 Å². The molecule has 4 nitrogen and oxygen atoms in total. The van der Waals surface area contributed by atoms with Crippen LogP contribution >= 0.6 is 24.0 Å². The Kier molecular flexibility index (Phi) is 7.46. The molecule has 1 aromatic carbocycles. The molecule has 1 heterocycles. The molecule has 1 aromatic rings. The van der Waals surface area contributed by atoms with Gasteiger partial charge in [-0.3, -0.25) is 4.79 Å². The summed E-state index contributed by atoms with van der Waals surface area (Å²) in [6.07, 6.45) is 1.73. The first kappa shape index (κ1) is 18.2. The highest BCUT2D eigenvalue weighted by atomic mass is 35.5. The standard InChI is InChI=1S/C15H21ClN2O2.ClH/c1-18(10-11-2-4-13(16)5-3-11)15(19)14(17)12-6-8-20-9-7-12;/h2-5,12,14H,6-10,17H2,1H3;1H. The maximum absolute atomic E-state index is 12.3. The summed E-state index contributed by atoms with van der Waals surface area (Å²) in [4.78, 5) is 14.0. The van der Waals surface area contributed by atoms with Crippen molar-refractivity contribution >= 4 is 29.9 Å². The molecule has 0 bridgehead atoms. The van der Waals surface area contributed by atoms with Gasteiger partial charge in [0.15, 0.2) is 0 Å². The fourth-order valence-corrected chi connectivity index (χ4v) is 2.60. The molecule has 0 aliphatic carbocycles. The van der Waals surface area contributed by atoms with Crippen molar-refractivity contribution in [3.63, 3.8) is 0 Å². The third kappa shape index (κ3) is 5.15. The van der Waals surface area contributed by atoms with Crippen molar-refractivity contribution < 1.29 is 9.53 Å². The molecule has 2 N–H and O–H groups in total. The Morgan fingerprint density at radius 1 is 1.38 bits per heavy atom. The third-order valence-corrected chi connectivity index (χ3v) is 4.02. The van der Waals surface area contributed by atoms with Crippen molar-refractivity contribution in [2.75, 3.05) is 20.3 Å². The molecule has 1 amide bonds. The average Bonchev–Trinajstić information content (AvgIpc) is 2.49. The lowest BCUT2D eigenvalue weighted by atomic mass is 9.91. The maximum Gasteiger partial charge on any atom is 0.239 e. The van der Waals surface area contributed by atoms with Crippen LogP contribution in [0.2, 0.25) is 5.02 Å². The van der Waals surface area contributed by atoms with Gasteiger partial charge in [-0.05, 0) is 36.5 Å². The van der Waals surface area contributed by atoms with Gasteiger partial charge in [0.2, 0.25) is 5.91 Å². The Morgan fingerprint density at radius 2 is 1.95 bits per heavy atom. The van der Waals surface area contributed by atoms with E-state index < -0.39 is 6.04 Å². The Hall–Kier alpha value is -0.810. The molecule has 1 unspecified atom stereocenters. The van der Waals surface area contributed by atoms with Gasteiger partial charge in [-0.25, -0.2) is 0 Å². The Morgan fingerprint density at radius 3 is 2.52 bits per heavy atom. The lowest BCUT2D eigenvalue weighted by molar-refractivity contribution is -0.133. The van der Waals surface area contributed by atoms with E-state index in [1.165, 1.54) is 0 Å². The van der Waals surface area contributed by atoms with Crippen molar-refractivity contribution in [3.8, 4) is 0 Å². The zero-order valence-electron chi connectivity index (χ0n) is 12.1. The first-order valence-corrected chi connectivity index (χ1v) is 7.28. The van der Waals surface area contributed by atoms with Gasteiger partial charge in [0, 0.05) is 31.8 Å². The summed E-state index contributed by atoms with van der Waals surface area (Å²) in [7, 11) is 1.79. The fraction of sp³-hybridized carbons (Fsp3) is 0.533. The molecule has 1 saturated heterocycles. The number of nitrogens with two attached hydrogens (primary N) is 1. The number of hydrogen-bond acceptors (Lipinski definition) is 3. The van der Waals surface area contributed by atoms with Crippen LogP contribution in [-0.4, -0.2) is 37.1 Å². The minimum Gasteiger partial charge on any atom is -0.381 e. The highest BCUT2D eigenvalue weighted by molar-refractivity contribution is 6.30. The SMILES string of the molecule is CN(Cc1ccc(Cl)cc1)C(=O)C(N)C1CCOCC1.Cl. The van der Waals surface area contributed by atoms with Crippen LogP contribution in [0, 0.1) is 5.92 Å². The van der Waals surface area contributed by atoms with Crippen LogP contribution in [-0.2, 0) is 16.1 Å². The lowest BCUT2D eigenvalue weighted by Gasteiger charge is -2.29. The zero-order chi connectivity index (χ0) is 14.5. The van der Waals surface area contributed by atoms with E-state index in [2.05, 4.69) is 0 Å². The van der Waals surface area contributed by atoms with Crippen LogP contribution in [0.1, 0.15) is 18.4 Å². The van der Waals surface area contributed by atoms with Crippen LogP contribution < -0.4 is 5.73 Å². The van der Waals surface area contributed by atoms with E-state index >= 15 is 0 Å². The third-order valence-electron chi connectivity index (χ3n) is 3.77. The second kappa shape index (κ2) is 8.59. The second-order valence-electron chi connectivity index (χ2n) is 5.30. The molecule has 0 spiro atoms. The van der Waals surface area contributed by atoms with E-state index in [1.807, 2.05) is 24.3 Å². The minimum absolute atomic E-state index is 0. The smallest absolute Gasteiger partial charge is 0.239 e. The Bertz CT molecular complexity index is 447. The van der Waals surface area contributed by atoms with E-state index in [9.17, 15) is 4.79 Å². The van der Waals surface area contributed by atoms with E-state index in [0.29, 0.717) is 24.8 Å². The Balaban J connectivity index is 0.00000220. The minimum atomic E-state index is -0.434. The second-order valence-corrected chi connectivity index (χ2v) is 5.73. The summed E-state index contributed by atoms with van der Waals surface area (Å²) in [5.74, 6) is 0.218. The number of ether oxygens (including phenoxy) is 1. The monoisotopic (exact) mass is 332 g/mol. The van der Waals surface area contributed by atoms with Gasteiger partial charge in [-0.2, -0.15) is 0 Å². The number of amides is 1. The van der Waals surface area contributed by atoms with Gasteiger partial charge < -0.3 is 15.4 Å². The van der Waals surface area contributed by atoms with Gasteiger partial charge >= 0.3 is 0 Å². The van der Waals surface area contributed by atoms with Crippen molar-refractivity contribution in [1.82, 2.24) is 4.90 Å². The highest BCUT2D eigenvalue weighted by Crippen LogP contribution is 2.19. The van der Waals surface area contributed by atoms with Crippen LogP contribution in [0.15, 0.2) is 24.3 Å². The molecular formula is C15H22Cl2N2O2. The van der Waals surface area contributed by atoms with Crippen molar-refractivity contribution in [2.24, 2.45) is 11.7 Å². The number of carbonyl (C=O) groups is 1. The number of hydrogen-bond donors (Lipinski definition) is 1. The predicted octanol–water partition coefficient (Wildman–Crippen LogP) is 2.47. The zero-order valence-corrected chi connectivity index (χ0v) is 13.7. The molecule has 1 aliphatic rings. The van der Waals surface area contributed by atoms with Gasteiger partial charge in [-0.1, -0.05) is 23.7 Å². The summed E-state index contributed by atoms with van der Waals surface area (Å²) in [6, 6.07) is 7.07. The van der Waals surface area contributed by atoms with Crippen LogP contribution in [0.5, 0.6) is 0 Å². The molecule has 1 fully saturated rings. The summed E-state index contributed by atoms with van der Waals surface area (Å²) >= 11 is 5.85. The van der Waals surface area contributed by atoms with Gasteiger partial charge in [0.05, 0.1) is 6.04 Å². The van der Waals surface area contributed by atoms with Crippen molar-refractivity contribution in [1.29, 1.82) is 0 Å². The Labute approximate surface area is 137 Å². The van der Waals surface area contributed by atoms with Gasteiger partial charge in [0.25, 0.3) is 0 Å². The summed E-state index contributed by atoms with van der Waals surface area (Å²) in [5, 5.41) is 0.696. The number of carbonyl (C=O) groups excluding carboxylic acids is 1. The fourth-order valence-electron chi connectivity index (χ4n) is 2.47. The molecule has 1 atom stereocenters. The number of rotatable bonds is 4. The molecule has 118 valence electrons. The van der Waals surface area contributed by atoms with Gasteiger partial charge in [-0.15, -0.1) is 12.4 Å². The topological polar surface area (TPSA) is 55.6 Å². The molecule has 1 aliphatic heterocycles. The van der Waals surface area contributed by atoms with Gasteiger partial charge in [0.1, 0.15) is 0 Å². The average molecular weight is 333 g/mol. The molecular weight excluding hydrogens is 311 g/mol. The maximum atomic E-state index is 12.3. The summed E-state index contributed by atoms with van der Waals surface area (Å²) < 4.78 is 5.30. The molecule has 0 aromatic heterocycles. The first-order valence-electron chi connectivity index (χ1n) is 6.90. The molecule has 6 heteroatoms. The van der Waals surface area contributed by atoms with Crippen molar-refractivity contribution in [2.45, 2.75) is 25.4 Å². The predicted molar refractivity (Wildman–Crippen MR) is 86.7 cm³/mol. The van der Waals surface area contributed by atoms with Crippen LogP contribution in [0.25, 0.3) is 0 Å². The molecule has 0 saturated carbocycles.